The summed E-state index contributed by atoms with van der Waals surface area (Å²) in [5, 5.41) is 3.37. The average molecular weight is 325 g/mol. The number of anilines is 2. The Kier molecular flexibility index (Phi) is 4.94. The molecule has 0 aliphatic rings. The molecule has 21 heavy (non-hydrogen) atoms. The molecule has 0 aromatic heterocycles. The van der Waals surface area contributed by atoms with Crippen molar-refractivity contribution in [2.75, 3.05) is 17.7 Å². The number of halogens is 2. The highest BCUT2D eigenvalue weighted by Gasteiger charge is 2.13. The summed E-state index contributed by atoms with van der Waals surface area (Å²) in [4.78, 5) is 12.2. The van der Waals surface area contributed by atoms with Crippen LogP contribution in [0.5, 0.6) is 5.75 Å². The molecule has 0 fully saturated rings. The van der Waals surface area contributed by atoms with E-state index in [1.807, 2.05) is 6.92 Å². The molecule has 0 radical (unpaired) electrons. The molecule has 3 N–H and O–H groups in total. The third kappa shape index (κ3) is 3.60. The Bertz CT molecular complexity index is 675. The van der Waals surface area contributed by atoms with Gasteiger partial charge in [0.1, 0.15) is 5.75 Å². The lowest BCUT2D eigenvalue weighted by atomic mass is 10.2. The molecule has 0 saturated heterocycles. The standard InChI is InChI=1S/C15H14Cl2N2O2/c1-2-21-13-7-6-9(8-11(13)16)19-15(20)10-4-3-5-12(18)14(10)17/h3-8H,2,18H2,1H3,(H,19,20). The van der Waals surface area contributed by atoms with E-state index in [-0.39, 0.29) is 10.9 Å². The highest BCUT2D eigenvalue weighted by atomic mass is 35.5. The molecule has 0 bridgehead atoms. The monoisotopic (exact) mass is 324 g/mol. The Morgan fingerprint density at radius 3 is 2.71 bits per heavy atom. The molecule has 0 heterocycles. The molecule has 0 spiro atoms. The van der Waals surface area contributed by atoms with Crippen molar-refractivity contribution in [3.63, 3.8) is 0 Å². The summed E-state index contributed by atoms with van der Waals surface area (Å²) < 4.78 is 5.33. The number of nitrogen functional groups attached to an aromatic ring is 1. The maximum atomic E-state index is 12.2. The van der Waals surface area contributed by atoms with Crippen LogP contribution in [0, 0.1) is 0 Å². The van der Waals surface area contributed by atoms with E-state index >= 15 is 0 Å². The lowest BCUT2D eigenvalue weighted by molar-refractivity contribution is 0.102. The second kappa shape index (κ2) is 6.70. The Balaban J connectivity index is 2.20. The van der Waals surface area contributed by atoms with Crippen molar-refractivity contribution in [1.82, 2.24) is 0 Å². The third-order valence-electron chi connectivity index (χ3n) is 2.76. The van der Waals surface area contributed by atoms with Gasteiger partial charge in [0.2, 0.25) is 0 Å². The zero-order valence-electron chi connectivity index (χ0n) is 11.3. The molecule has 0 aliphatic heterocycles. The van der Waals surface area contributed by atoms with E-state index in [0.29, 0.717) is 34.3 Å². The Labute approximate surface area is 132 Å². The molecule has 1 amide bonds. The van der Waals surface area contributed by atoms with Gasteiger partial charge in [0, 0.05) is 5.69 Å². The number of amides is 1. The fourth-order valence-corrected chi connectivity index (χ4v) is 2.22. The van der Waals surface area contributed by atoms with Gasteiger partial charge in [-0.3, -0.25) is 4.79 Å². The minimum absolute atomic E-state index is 0.229. The van der Waals surface area contributed by atoms with Gasteiger partial charge < -0.3 is 15.8 Å². The zero-order chi connectivity index (χ0) is 15.4. The molecule has 2 aromatic rings. The molecule has 0 atom stereocenters. The average Bonchev–Trinajstić information content (AvgIpc) is 2.45. The lowest BCUT2D eigenvalue weighted by Crippen LogP contribution is -2.13. The SMILES string of the molecule is CCOc1ccc(NC(=O)c2cccc(N)c2Cl)cc1Cl. The van der Waals surface area contributed by atoms with Gasteiger partial charge in [-0.25, -0.2) is 0 Å². The van der Waals surface area contributed by atoms with Crippen LogP contribution in [0.15, 0.2) is 36.4 Å². The number of hydrogen-bond donors (Lipinski definition) is 2. The van der Waals surface area contributed by atoms with E-state index < -0.39 is 0 Å². The van der Waals surface area contributed by atoms with Crippen LogP contribution in [0.2, 0.25) is 10.0 Å². The Hall–Kier alpha value is -1.91. The summed E-state index contributed by atoms with van der Waals surface area (Å²) in [5.41, 5.74) is 6.89. The normalized spacial score (nSPS) is 10.2. The van der Waals surface area contributed by atoms with Crippen LogP contribution in [-0.2, 0) is 0 Å². The molecule has 2 rings (SSSR count). The summed E-state index contributed by atoms with van der Waals surface area (Å²) >= 11 is 12.1. The smallest absolute Gasteiger partial charge is 0.257 e. The number of ether oxygens (including phenoxy) is 1. The van der Waals surface area contributed by atoms with E-state index in [0.717, 1.165) is 0 Å². The van der Waals surface area contributed by atoms with Crippen LogP contribution in [0.3, 0.4) is 0 Å². The summed E-state index contributed by atoms with van der Waals surface area (Å²) in [6.07, 6.45) is 0. The molecule has 0 unspecified atom stereocenters. The third-order valence-corrected chi connectivity index (χ3v) is 3.48. The van der Waals surface area contributed by atoms with Crippen molar-refractivity contribution in [3.8, 4) is 5.75 Å². The second-order valence-corrected chi connectivity index (χ2v) is 5.03. The Morgan fingerprint density at radius 2 is 2.05 bits per heavy atom. The van der Waals surface area contributed by atoms with Crippen LogP contribution in [0.1, 0.15) is 17.3 Å². The maximum Gasteiger partial charge on any atom is 0.257 e. The van der Waals surface area contributed by atoms with Gasteiger partial charge in [0.15, 0.2) is 0 Å². The minimum Gasteiger partial charge on any atom is -0.492 e. The summed E-state index contributed by atoms with van der Waals surface area (Å²) in [6, 6.07) is 9.92. The second-order valence-electron chi connectivity index (χ2n) is 4.24. The Morgan fingerprint density at radius 1 is 1.29 bits per heavy atom. The first-order valence-electron chi connectivity index (χ1n) is 6.30. The number of benzene rings is 2. The van der Waals surface area contributed by atoms with E-state index in [9.17, 15) is 4.79 Å². The highest BCUT2D eigenvalue weighted by Crippen LogP contribution is 2.29. The predicted octanol–water partition coefficient (Wildman–Crippen LogP) is 4.23. The van der Waals surface area contributed by atoms with Crippen molar-refractivity contribution in [3.05, 3.63) is 52.0 Å². The van der Waals surface area contributed by atoms with Crippen molar-refractivity contribution < 1.29 is 9.53 Å². The van der Waals surface area contributed by atoms with Gasteiger partial charge >= 0.3 is 0 Å². The largest absolute Gasteiger partial charge is 0.492 e. The van der Waals surface area contributed by atoms with Crippen LogP contribution in [0.4, 0.5) is 11.4 Å². The topological polar surface area (TPSA) is 64.3 Å². The highest BCUT2D eigenvalue weighted by molar-refractivity contribution is 6.37. The minimum atomic E-state index is -0.354. The van der Waals surface area contributed by atoms with Crippen LogP contribution in [-0.4, -0.2) is 12.5 Å². The number of carbonyl (C=O) groups is 1. The zero-order valence-corrected chi connectivity index (χ0v) is 12.8. The first-order valence-corrected chi connectivity index (χ1v) is 7.06. The van der Waals surface area contributed by atoms with Crippen molar-refractivity contribution in [2.24, 2.45) is 0 Å². The number of nitrogens with one attached hydrogen (secondary N) is 1. The number of hydrogen-bond acceptors (Lipinski definition) is 3. The first kappa shape index (κ1) is 15.5. The molecule has 6 heteroatoms. The van der Waals surface area contributed by atoms with Gasteiger partial charge in [-0.2, -0.15) is 0 Å². The van der Waals surface area contributed by atoms with Crippen LogP contribution in [0.25, 0.3) is 0 Å². The van der Waals surface area contributed by atoms with E-state index in [1.165, 1.54) is 0 Å². The van der Waals surface area contributed by atoms with Crippen LogP contribution >= 0.6 is 23.2 Å². The molecule has 0 aliphatic carbocycles. The van der Waals surface area contributed by atoms with Gasteiger partial charge in [-0.15, -0.1) is 0 Å². The number of rotatable bonds is 4. The fourth-order valence-electron chi connectivity index (χ4n) is 1.77. The van der Waals surface area contributed by atoms with E-state index in [1.54, 1.807) is 36.4 Å². The van der Waals surface area contributed by atoms with Gasteiger partial charge in [0.05, 0.1) is 27.9 Å². The predicted molar refractivity (Wildman–Crippen MR) is 86.4 cm³/mol. The van der Waals surface area contributed by atoms with Gasteiger partial charge in [-0.05, 0) is 37.3 Å². The van der Waals surface area contributed by atoms with E-state index in [4.69, 9.17) is 33.7 Å². The summed E-state index contributed by atoms with van der Waals surface area (Å²) in [5.74, 6) is 0.215. The molecule has 110 valence electrons. The van der Waals surface area contributed by atoms with Crippen molar-refractivity contribution in [2.45, 2.75) is 6.92 Å². The number of nitrogens with two attached hydrogens (primary N) is 1. The van der Waals surface area contributed by atoms with Crippen molar-refractivity contribution in [1.29, 1.82) is 0 Å². The van der Waals surface area contributed by atoms with Gasteiger partial charge in [0.25, 0.3) is 5.91 Å². The molecule has 4 nitrogen and oxygen atoms in total. The van der Waals surface area contributed by atoms with Crippen molar-refractivity contribution >= 4 is 40.5 Å². The fraction of sp³-hybridized carbons (Fsp3) is 0.133. The maximum absolute atomic E-state index is 12.2. The molecular formula is C15H14Cl2N2O2. The quantitative estimate of drug-likeness (QED) is 0.827. The molecule has 0 saturated carbocycles. The van der Waals surface area contributed by atoms with Crippen LogP contribution < -0.4 is 15.8 Å². The van der Waals surface area contributed by atoms with E-state index in [2.05, 4.69) is 5.32 Å². The lowest BCUT2D eigenvalue weighted by Gasteiger charge is -2.10. The molecule has 2 aromatic carbocycles. The molecular weight excluding hydrogens is 311 g/mol. The summed E-state index contributed by atoms with van der Waals surface area (Å²) in [7, 11) is 0. The summed E-state index contributed by atoms with van der Waals surface area (Å²) in [6.45, 7) is 2.39. The van der Waals surface area contributed by atoms with Gasteiger partial charge in [-0.1, -0.05) is 29.3 Å². The number of carbonyl (C=O) groups excluding carboxylic acids is 1. The first-order chi connectivity index (χ1) is 10.0.